The van der Waals surface area contributed by atoms with Gasteiger partial charge in [-0.1, -0.05) is 23.2 Å². The van der Waals surface area contributed by atoms with Gasteiger partial charge >= 0.3 is 0 Å². The molecule has 0 spiro atoms. The van der Waals surface area contributed by atoms with Crippen molar-refractivity contribution in [3.8, 4) is 0 Å². The molecule has 1 heterocycles. The van der Waals surface area contributed by atoms with Crippen LogP contribution in [0.25, 0.3) is 0 Å². The lowest BCUT2D eigenvalue weighted by Gasteiger charge is -2.23. The minimum atomic E-state index is -0.549. The predicted octanol–water partition coefficient (Wildman–Crippen LogP) is 4.44. The molecule has 16 heavy (non-hydrogen) atoms. The molecule has 1 aliphatic rings. The van der Waals surface area contributed by atoms with Crippen molar-refractivity contribution in [1.82, 2.24) is 0 Å². The van der Waals surface area contributed by atoms with Crippen LogP contribution in [0, 0.1) is 5.82 Å². The van der Waals surface area contributed by atoms with E-state index in [-0.39, 0.29) is 10.0 Å². The van der Waals surface area contributed by atoms with Gasteiger partial charge in [-0.2, -0.15) is 11.8 Å². The van der Waals surface area contributed by atoms with Crippen molar-refractivity contribution >= 4 is 40.7 Å². The van der Waals surface area contributed by atoms with Gasteiger partial charge in [0.1, 0.15) is 0 Å². The van der Waals surface area contributed by atoms with Gasteiger partial charge in [-0.15, -0.1) is 0 Å². The zero-order chi connectivity index (χ0) is 11.5. The summed E-state index contributed by atoms with van der Waals surface area (Å²) in [6.07, 6.45) is 2.35. The van der Waals surface area contributed by atoms with Gasteiger partial charge in [-0.25, -0.2) is 4.39 Å². The van der Waals surface area contributed by atoms with Gasteiger partial charge in [0, 0.05) is 17.5 Å². The molecule has 0 radical (unpaired) electrons. The second-order valence-corrected chi connectivity index (χ2v) is 5.78. The van der Waals surface area contributed by atoms with Crippen LogP contribution >= 0.6 is 35.0 Å². The monoisotopic (exact) mass is 279 g/mol. The molecule has 0 bridgehead atoms. The van der Waals surface area contributed by atoms with Gasteiger partial charge in [0.05, 0.1) is 10.0 Å². The first-order chi connectivity index (χ1) is 7.66. The topological polar surface area (TPSA) is 12.0 Å². The van der Waals surface area contributed by atoms with E-state index in [1.165, 1.54) is 12.2 Å². The molecule has 1 atom stereocenters. The van der Waals surface area contributed by atoms with Crippen molar-refractivity contribution in [2.24, 2.45) is 0 Å². The summed E-state index contributed by atoms with van der Waals surface area (Å²) in [5.74, 6) is 1.75. The number of anilines is 1. The molecule has 1 aliphatic heterocycles. The van der Waals surface area contributed by atoms with Gasteiger partial charge in [0.2, 0.25) is 0 Å². The zero-order valence-electron chi connectivity index (χ0n) is 8.60. The highest BCUT2D eigenvalue weighted by Crippen LogP contribution is 2.29. The molecule has 1 aromatic carbocycles. The lowest BCUT2D eigenvalue weighted by molar-refractivity contribution is 0.628. The molecule has 1 aromatic rings. The molecule has 5 heteroatoms. The lowest BCUT2D eigenvalue weighted by atomic mass is 10.1. The van der Waals surface area contributed by atoms with Crippen LogP contribution in [-0.2, 0) is 0 Å². The summed E-state index contributed by atoms with van der Waals surface area (Å²) < 4.78 is 13.2. The highest BCUT2D eigenvalue weighted by molar-refractivity contribution is 7.99. The van der Waals surface area contributed by atoms with E-state index in [0.29, 0.717) is 6.04 Å². The second kappa shape index (κ2) is 5.48. The molecule has 0 aromatic heterocycles. The van der Waals surface area contributed by atoms with Crippen LogP contribution in [0.4, 0.5) is 10.1 Å². The molecular weight excluding hydrogens is 268 g/mol. The molecule has 1 fully saturated rings. The normalized spacial score (nSPS) is 20.8. The summed E-state index contributed by atoms with van der Waals surface area (Å²) in [5, 5.41) is 3.47. The van der Waals surface area contributed by atoms with Crippen LogP contribution in [0.5, 0.6) is 0 Å². The highest BCUT2D eigenvalue weighted by atomic mass is 35.5. The molecule has 0 saturated carbocycles. The van der Waals surface area contributed by atoms with Gasteiger partial charge in [-0.05, 0) is 30.7 Å². The third-order valence-corrected chi connectivity index (χ3v) is 4.28. The quantitative estimate of drug-likeness (QED) is 0.804. The Labute approximate surface area is 109 Å². The maximum Gasteiger partial charge on any atom is 0.160 e. The number of hydrogen-bond donors (Lipinski definition) is 1. The SMILES string of the molecule is Fc1c(Cl)cc(NC2CCCSC2)cc1Cl. The fourth-order valence-electron chi connectivity index (χ4n) is 1.73. The van der Waals surface area contributed by atoms with E-state index in [0.717, 1.165) is 17.9 Å². The molecule has 1 nitrogen and oxygen atoms in total. The van der Waals surface area contributed by atoms with Crippen LogP contribution in [0.1, 0.15) is 12.8 Å². The van der Waals surface area contributed by atoms with Crippen molar-refractivity contribution in [3.05, 3.63) is 28.0 Å². The van der Waals surface area contributed by atoms with Crippen molar-refractivity contribution in [3.63, 3.8) is 0 Å². The maximum absolute atomic E-state index is 13.2. The Kier molecular flexibility index (Phi) is 4.22. The number of nitrogens with one attached hydrogen (secondary N) is 1. The second-order valence-electron chi connectivity index (χ2n) is 3.81. The minimum Gasteiger partial charge on any atom is -0.381 e. The Morgan fingerprint density at radius 1 is 1.31 bits per heavy atom. The van der Waals surface area contributed by atoms with E-state index in [9.17, 15) is 4.39 Å². The standard InChI is InChI=1S/C11H12Cl2FNS/c12-9-4-8(5-10(13)11(9)14)15-7-2-1-3-16-6-7/h4-5,7,15H,1-3,6H2. The van der Waals surface area contributed by atoms with Crippen molar-refractivity contribution in [2.75, 3.05) is 16.8 Å². The van der Waals surface area contributed by atoms with Crippen LogP contribution in [0.3, 0.4) is 0 Å². The highest BCUT2D eigenvalue weighted by Gasteiger charge is 2.15. The van der Waals surface area contributed by atoms with E-state index in [1.54, 1.807) is 12.1 Å². The Hall–Kier alpha value is -0.120. The number of halogens is 3. The van der Waals surface area contributed by atoms with Crippen LogP contribution < -0.4 is 5.32 Å². The van der Waals surface area contributed by atoms with Gasteiger partial charge in [-0.3, -0.25) is 0 Å². The summed E-state index contributed by atoms with van der Waals surface area (Å²) in [6.45, 7) is 0. The predicted molar refractivity (Wildman–Crippen MR) is 70.4 cm³/mol. The smallest absolute Gasteiger partial charge is 0.160 e. The summed E-state index contributed by atoms with van der Waals surface area (Å²) in [5.41, 5.74) is 0.795. The lowest BCUT2D eigenvalue weighted by Crippen LogP contribution is -2.25. The van der Waals surface area contributed by atoms with Crippen LogP contribution in [0.2, 0.25) is 10.0 Å². The average molecular weight is 280 g/mol. The third-order valence-electron chi connectivity index (χ3n) is 2.51. The fraction of sp³-hybridized carbons (Fsp3) is 0.455. The third kappa shape index (κ3) is 2.96. The first kappa shape index (κ1) is 12.3. The van der Waals surface area contributed by atoms with Gasteiger partial charge in [0.15, 0.2) is 5.82 Å². The molecule has 1 saturated heterocycles. The fourth-order valence-corrected chi connectivity index (χ4v) is 3.29. The van der Waals surface area contributed by atoms with Crippen molar-refractivity contribution < 1.29 is 4.39 Å². The molecule has 88 valence electrons. The van der Waals surface area contributed by atoms with E-state index < -0.39 is 5.82 Å². The van der Waals surface area contributed by atoms with E-state index in [4.69, 9.17) is 23.2 Å². The molecule has 2 rings (SSSR count). The van der Waals surface area contributed by atoms with E-state index in [1.807, 2.05) is 11.8 Å². The Morgan fingerprint density at radius 2 is 2.00 bits per heavy atom. The molecule has 0 amide bonds. The number of benzene rings is 1. The minimum absolute atomic E-state index is 0.0680. The van der Waals surface area contributed by atoms with Crippen LogP contribution in [-0.4, -0.2) is 17.5 Å². The van der Waals surface area contributed by atoms with Gasteiger partial charge in [0.25, 0.3) is 0 Å². The first-order valence-electron chi connectivity index (χ1n) is 5.15. The van der Waals surface area contributed by atoms with E-state index >= 15 is 0 Å². The Bertz CT molecular complexity index is 357. The molecule has 1 unspecified atom stereocenters. The van der Waals surface area contributed by atoms with Crippen molar-refractivity contribution in [1.29, 1.82) is 0 Å². The van der Waals surface area contributed by atoms with Gasteiger partial charge < -0.3 is 5.32 Å². The first-order valence-corrected chi connectivity index (χ1v) is 7.06. The molecule has 1 N–H and O–H groups in total. The summed E-state index contributed by atoms with van der Waals surface area (Å²) >= 11 is 13.4. The maximum atomic E-state index is 13.2. The average Bonchev–Trinajstić information content (AvgIpc) is 2.27. The Morgan fingerprint density at radius 3 is 2.56 bits per heavy atom. The largest absolute Gasteiger partial charge is 0.381 e. The summed E-state index contributed by atoms with van der Waals surface area (Å²) in [7, 11) is 0. The summed E-state index contributed by atoms with van der Waals surface area (Å²) in [4.78, 5) is 0. The van der Waals surface area contributed by atoms with E-state index in [2.05, 4.69) is 5.32 Å². The number of rotatable bonds is 2. The summed E-state index contributed by atoms with van der Waals surface area (Å²) in [6, 6.07) is 3.60. The Balaban J connectivity index is 2.09. The number of thioether (sulfide) groups is 1. The van der Waals surface area contributed by atoms with Crippen LogP contribution in [0.15, 0.2) is 12.1 Å². The number of hydrogen-bond acceptors (Lipinski definition) is 2. The van der Waals surface area contributed by atoms with Crippen molar-refractivity contribution in [2.45, 2.75) is 18.9 Å². The zero-order valence-corrected chi connectivity index (χ0v) is 10.9. The molecular formula is C11H12Cl2FNS. The molecule has 0 aliphatic carbocycles.